The second kappa shape index (κ2) is 5.88. The Bertz CT molecular complexity index is 170. The van der Waals surface area contributed by atoms with Gasteiger partial charge in [0, 0.05) is 0 Å². The number of hydrogen-bond donors (Lipinski definition) is 2. The van der Waals surface area contributed by atoms with Crippen molar-refractivity contribution in [3.05, 3.63) is 0 Å². The van der Waals surface area contributed by atoms with Crippen LogP contribution in [0.1, 0.15) is 13.8 Å². The van der Waals surface area contributed by atoms with Crippen LogP contribution in [0, 0.1) is 0 Å². The summed E-state index contributed by atoms with van der Waals surface area (Å²) < 4.78 is 4.59. The largest absolute Gasteiger partial charge is 0.465 e. The van der Waals surface area contributed by atoms with Crippen molar-refractivity contribution in [2.45, 2.75) is 19.1 Å². The fraction of sp³-hybridized carbons (Fsp3) is 0.714. The van der Waals surface area contributed by atoms with E-state index in [1.54, 1.807) is 13.8 Å². The van der Waals surface area contributed by atoms with Gasteiger partial charge in [0.2, 0.25) is 5.91 Å². The molecule has 0 aliphatic rings. The molecule has 4 nitrogen and oxygen atoms in total. The third-order valence-corrected chi connectivity index (χ3v) is 1.33. The maximum atomic E-state index is 10.9. The molecule has 0 rings (SSSR count). The molecule has 0 fully saturated rings. The van der Waals surface area contributed by atoms with Crippen molar-refractivity contribution in [2.24, 2.45) is 0 Å². The van der Waals surface area contributed by atoms with Crippen LogP contribution in [0.15, 0.2) is 0 Å². The number of thiol groups is 1. The van der Waals surface area contributed by atoms with Crippen LogP contribution in [0.25, 0.3) is 0 Å². The zero-order chi connectivity index (χ0) is 9.56. The predicted octanol–water partition coefficient (Wildman–Crippen LogP) is -0.0160. The summed E-state index contributed by atoms with van der Waals surface area (Å²) in [6.45, 7) is 3.58. The number of nitrogens with one attached hydrogen (secondary N) is 1. The summed E-state index contributed by atoms with van der Waals surface area (Å²) in [7, 11) is 0. The van der Waals surface area contributed by atoms with Crippen molar-refractivity contribution >= 4 is 24.5 Å². The van der Waals surface area contributed by atoms with Crippen molar-refractivity contribution in [1.29, 1.82) is 0 Å². The van der Waals surface area contributed by atoms with E-state index in [0.717, 1.165) is 0 Å². The first kappa shape index (κ1) is 11.3. The standard InChI is InChI=1S/C7H13NO3S/c1-3-11-6(9)4-8-7(10)5(2)12/h5,12H,3-4H2,1-2H3,(H,8,10)/t5-/m0/s1. The third kappa shape index (κ3) is 5.01. The molecule has 1 amide bonds. The molecule has 5 heteroatoms. The van der Waals surface area contributed by atoms with Gasteiger partial charge in [-0.25, -0.2) is 0 Å². The fourth-order valence-electron chi connectivity index (χ4n) is 0.519. The molecular weight excluding hydrogens is 178 g/mol. The van der Waals surface area contributed by atoms with Crippen molar-refractivity contribution < 1.29 is 14.3 Å². The Morgan fingerprint density at radius 3 is 2.58 bits per heavy atom. The lowest BCUT2D eigenvalue weighted by Gasteiger charge is -2.05. The van der Waals surface area contributed by atoms with Crippen LogP contribution >= 0.6 is 12.6 Å². The van der Waals surface area contributed by atoms with E-state index < -0.39 is 11.2 Å². The Morgan fingerprint density at radius 2 is 2.17 bits per heavy atom. The molecule has 0 spiro atoms. The Hall–Kier alpha value is -0.710. The summed E-state index contributed by atoms with van der Waals surface area (Å²) in [6.07, 6.45) is 0. The zero-order valence-corrected chi connectivity index (χ0v) is 8.06. The van der Waals surface area contributed by atoms with Crippen LogP contribution in [-0.4, -0.2) is 30.3 Å². The van der Waals surface area contributed by atoms with E-state index in [9.17, 15) is 9.59 Å². The van der Waals surface area contributed by atoms with Crippen LogP contribution in [0.4, 0.5) is 0 Å². The SMILES string of the molecule is CCOC(=O)CNC(=O)[C@H](C)S. The maximum absolute atomic E-state index is 10.9. The summed E-state index contributed by atoms with van der Waals surface area (Å²) in [5, 5.41) is 1.97. The summed E-state index contributed by atoms with van der Waals surface area (Å²) in [6, 6.07) is 0. The van der Waals surface area contributed by atoms with E-state index in [2.05, 4.69) is 22.7 Å². The Balaban J connectivity index is 3.54. The number of amides is 1. The fourth-order valence-corrected chi connectivity index (χ4v) is 0.610. The van der Waals surface area contributed by atoms with E-state index in [1.807, 2.05) is 0 Å². The highest BCUT2D eigenvalue weighted by atomic mass is 32.1. The summed E-state index contributed by atoms with van der Waals surface area (Å²) in [5.41, 5.74) is 0. The molecule has 0 saturated carbocycles. The van der Waals surface area contributed by atoms with Crippen molar-refractivity contribution in [3.63, 3.8) is 0 Å². The van der Waals surface area contributed by atoms with E-state index in [4.69, 9.17) is 0 Å². The zero-order valence-electron chi connectivity index (χ0n) is 7.16. The van der Waals surface area contributed by atoms with Gasteiger partial charge in [-0.05, 0) is 13.8 Å². The number of carbonyl (C=O) groups is 2. The van der Waals surface area contributed by atoms with Crippen LogP contribution in [0.2, 0.25) is 0 Å². The molecule has 0 bridgehead atoms. The molecule has 0 aromatic carbocycles. The topological polar surface area (TPSA) is 55.4 Å². The Labute approximate surface area is 77.1 Å². The lowest BCUT2D eigenvalue weighted by atomic mass is 10.4. The van der Waals surface area contributed by atoms with Gasteiger partial charge in [-0.3, -0.25) is 9.59 Å². The smallest absolute Gasteiger partial charge is 0.325 e. The number of ether oxygens (including phenoxy) is 1. The molecule has 0 unspecified atom stereocenters. The minimum atomic E-state index is -0.431. The van der Waals surface area contributed by atoms with Gasteiger partial charge in [0.05, 0.1) is 11.9 Å². The first-order valence-corrected chi connectivity index (χ1v) is 4.21. The molecule has 0 radical (unpaired) electrons. The van der Waals surface area contributed by atoms with Gasteiger partial charge in [-0.1, -0.05) is 0 Å². The molecule has 1 atom stereocenters. The number of carbonyl (C=O) groups excluding carboxylic acids is 2. The molecule has 12 heavy (non-hydrogen) atoms. The Kier molecular flexibility index (Phi) is 5.53. The van der Waals surface area contributed by atoms with Gasteiger partial charge >= 0.3 is 5.97 Å². The minimum absolute atomic E-state index is 0.0857. The third-order valence-electron chi connectivity index (χ3n) is 1.09. The highest BCUT2D eigenvalue weighted by Crippen LogP contribution is 1.90. The molecule has 0 heterocycles. The van der Waals surface area contributed by atoms with Crippen LogP contribution < -0.4 is 5.32 Å². The van der Waals surface area contributed by atoms with Crippen molar-refractivity contribution in [1.82, 2.24) is 5.32 Å². The van der Waals surface area contributed by atoms with Crippen LogP contribution in [0.5, 0.6) is 0 Å². The number of esters is 1. The second-order valence-electron chi connectivity index (χ2n) is 2.20. The average molecular weight is 191 g/mol. The second-order valence-corrected chi connectivity index (χ2v) is 2.97. The minimum Gasteiger partial charge on any atom is -0.465 e. The molecule has 0 aliphatic heterocycles. The number of rotatable bonds is 4. The quantitative estimate of drug-likeness (QED) is 0.485. The van der Waals surface area contributed by atoms with Crippen molar-refractivity contribution in [2.75, 3.05) is 13.2 Å². The summed E-state index contributed by atoms with van der Waals surface area (Å²) >= 11 is 3.88. The first-order chi connectivity index (χ1) is 5.57. The van der Waals surface area contributed by atoms with Gasteiger partial charge < -0.3 is 10.1 Å². The van der Waals surface area contributed by atoms with Gasteiger partial charge in [0.25, 0.3) is 0 Å². The highest BCUT2D eigenvalue weighted by molar-refractivity contribution is 7.81. The molecule has 70 valence electrons. The van der Waals surface area contributed by atoms with E-state index in [0.29, 0.717) is 6.61 Å². The molecule has 0 aromatic heterocycles. The summed E-state index contributed by atoms with van der Waals surface area (Å²) in [4.78, 5) is 21.6. The number of hydrogen-bond acceptors (Lipinski definition) is 4. The highest BCUT2D eigenvalue weighted by Gasteiger charge is 2.09. The van der Waals surface area contributed by atoms with Gasteiger partial charge in [-0.2, -0.15) is 12.6 Å². The average Bonchev–Trinajstić information content (AvgIpc) is 2.00. The first-order valence-electron chi connectivity index (χ1n) is 3.69. The lowest BCUT2D eigenvalue weighted by molar-refractivity contribution is -0.143. The predicted molar refractivity (Wildman–Crippen MR) is 48.1 cm³/mol. The van der Waals surface area contributed by atoms with Gasteiger partial charge in [-0.15, -0.1) is 0 Å². The van der Waals surface area contributed by atoms with Gasteiger partial charge in [0.15, 0.2) is 0 Å². The molecule has 0 aromatic rings. The monoisotopic (exact) mass is 191 g/mol. The molecule has 0 saturated heterocycles. The lowest BCUT2D eigenvalue weighted by Crippen LogP contribution is -2.34. The van der Waals surface area contributed by atoms with Gasteiger partial charge in [0.1, 0.15) is 6.54 Å². The molecule has 1 N–H and O–H groups in total. The van der Waals surface area contributed by atoms with E-state index >= 15 is 0 Å². The maximum Gasteiger partial charge on any atom is 0.325 e. The molecular formula is C7H13NO3S. The van der Waals surface area contributed by atoms with E-state index in [1.165, 1.54) is 0 Å². The Morgan fingerprint density at radius 1 is 1.58 bits per heavy atom. The normalized spacial score (nSPS) is 11.9. The van der Waals surface area contributed by atoms with E-state index in [-0.39, 0.29) is 12.5 Å². The molecule has 0 aliphatic carbocycles. The van der Waals surface area contributed by atoms with Crippen LogP contribution in [0.3, 0.4) is 0 Å². The van der Waals surface area contributed by atoms with Crippen molar-refractivity contribution in [3.8, 4) is 0 Å². The van der Waals surface area contributed by atoms with Crippen LogP contribution in [-0.2, 0) is 14.3 Å². The summed E-state index contributed by atoms with van der Waals surface area (Å²) in [5.74, 6) is -0.703.